The normalized spacial score (nSPS) is 10.8. The van der Waals surface area contributed by atoms with Crippen LogP contribution in [-0.2, 0) is 6.42 Å². The summed E-state index contributed by atoms with van der Waals surface area (Å²) in [5.74, 6) is 0.537. The lowest BCUT2D eigenvalue weighted by Gasteiger charge is -1.96. The summed E-state index contributed by atoms with van der Waals surface area (Å²) in [5.41, 5.74) is 0.644. The van der Waals surface area contributed by atoms with E-state index in [2.05, 4.69) is 15.5 Å². The highest BCUT2D eigenvalue weighted by Gasteiger charge is 2.10. The zero-order valence-corrected chi connectivity index (χ0v) is 10.7. The summed E-state index contributed by atoms with van der Waals surface area (Å²) in [5, 5.41) is 6.94. The van der Waals surface area contributed by atoms with Crippen LogP contribution in [0.15, 0.2) is 22.7 Å². The Labute approximate surface area is 109 Å². The zero-order chi connectivity index (χ0) is 13.0. The summed E-state index contributed by atoms with van der Waals surface area (Å²) in [6.45, 7) is 0.889. The Morgan fingerprint density at radius 2 is 2.28 bits per heavy atom. The maximum atomic E-state index is 13.0. The van der Waals surface area contributed by atoms with E-state index in [-0.39, 0.29) is 5.02 Å². The van der Waals surface area contributed by atoms with Gasteiger partial charge in [-0.05, 0) is 38.2 Å². The van der Waals surface area contributed by atoms with Crippen LogP contribution in [0.25, 0.3) is 11.4 Å². The van der Waals surface area contributed by atoms with Crippen molar-refractivity contribution in [1.82, 2.24) is 15.5 Å². The highest BCUT2D eigenvalue weighted by atomic mass is 35.5. The smallest absolute Gasteiger partial charge is 0.227 e. The van der Waals surface area contributed by atoms with Crippen LogP contribution in [0.5, 0.6) is 0 Å². The fourth-order valence-corrected chi connectivity index (χ4v) is 1.71. The molecule has 96 valence electrons. The fraction of sp³-hybridized carbons (Fsp3) is 0.333. The third-order valence-corrected chi connectivity index (χ3v) is 2.75. The second-order valence-corrected chi connectivity index (χ2v) is 4.25. The van der Waals surface area contributed by atoms with Gasteiger partial charge in [-0.1, -0.05) is 16.8 Å². The van der Waals surface area contributed by atoms with Gasteiger partial charge in [0.25, 0.3) is 0 Å². The molecule has 0 atom stereocenters. The van der Waals surface area contributed by atoms with E-state index in [1.807, 2.05) is 7.05 Å². The molecule has 0 amide bonds. The molecule has 1 N–H and O–H groups in total. The molecule has 18 heavy (non-hydrogen) atoms. The van der Waals surface area contributed by atoms with Crippen LogP contribution >= 0.6 is 11.6 Å². The molecule has 0 aliphatic carbocycles. The molecular formula is C12H13ClFN3O. The quantitative estimate of drug-likeness (QED) is 0.848. The molecule has 4 nitrogen and oxygen atoms in total. The average Bonchev–Trinajstić information content (AvgIpc) is 2.82. The van der Waals surface area contributed by atoms with Crippen molar-refractivity contribution in [3.8, 4) is 11.4 Å². The number of benzene rings is 1. The van der Waals surface area contributed by atoms with Crippen molar-refractivity contribution in [2.24, 2.45) is 0 Å². The molecular weight excluding hydrogens is 257 g/mol. The summed E-state index contributed by atoms with van der Waals surface area (Å²) in [6, 6.07) is 4.34. The number of aromatic nitrogens is 2. The van der Waals surface area contributed by atoms with E-state index in [1.54, 1.807) is 6.07 Å². The van der Waals surface area contributed by atoms with Crippen LogP contribution in [0.2, 0.25) is 5.02 Å². The number of aryl methyl sites for hydroxylation is 1. The van der Waals surface area contributed by atoms with Crippen LogP contribution in [0.1, 0.15) is 12.3 Å². The van der Waals surface area contributed by atoms with Gasteiger partial charge >= 0.3 is 0 Å². The van der Waals surface area contributed by atoms with E-state index in [4.69, 9.17) is 16.1 Å². The monoisotopic (exact) mass is 269 g/mol. The van der Waals surface area contributed by atoms with Crippen molar-refractivity contribution >= 4 is 11.6 Å². The first-order chi connectivity index (χ1) is 8.70. The lowest BCUT2D eigenvalue weighted by atomic mass is 10.2. The van der Waals surface area contributed by atoms with Crippen LogP contribution in [0.4, 0.5) is 4.39 Å². The van der Waals surface area contributed by atoms with Crippen LogP contribution < -0.4 is 5.32 Å². The summed E-state index contributed by atoms with van der Waals surface area (Å²) in [7, 11) is 1.89. The number of nitrogens with one attached hydrogen (secondary N) is 1. The number of nitrogens with zero attached hydrogens (tertiary/aromatic N) is 2. The average molecular weight is 270 g/mol. The first-order valence-electron chi connectivity index (χ1n) is 5.63. The van der Waals surface area contributed by atoms with Gasteiger partial charge < -0.3 is 9.84 Å². The Balaban J connectivity index is 2.11. The molecule has 0 saturated carbocycles. The third kappa shape index (κ3) is 3.05. The number of halogens is 2. The lowest BCUT2D eigenvalue weighted by Crippen LogP contribution is -2.08. The van der Waals surface area contributed by atoms with Crippen LogP contribution in [-0.4, -0.2) is 23.7 Å². The topological polar surface area (TPSA) is 51.0 Å². The largest absolute Gasteiger partial charge is 0.339 e. The number of hydrogen-bond donors (Lipinski definition) is 1. The van der Waals surface area contributed by atoms with E-state index in [0.29, 0.717) is 23.7 Å². The number of hydrogen-bond acceptors (Lipinski definition) is 4. The first-order valence-corrected chi connectivity index (χ1v) is 6.01. The van der Waals surface area contributed by atoms with E-state index >= 15 is 0 Å². The molecule has 0 saturated heterocycles. The first kappa shape index (κ1) is 13.0. The van der Waals surface area contributed by atoms with Gasteiger partial charge in [0, 0.05) is 12.0 Å². The van der Waals surface area contributed by atoms with Crippen molar-refractivity contribution in [3.63, 3.8) is 0 Å². The van der Waals surface area contributed by atoms with Gasteiger partial charge in [0.05, 0.1) is 5.02 Å². The molecule has 0 spiro atoms. The minimum absolute atomic E-state index is 0.0500. The van der Waals surface area contributed by atoms with Crippen molar-refractivity contribution < 1.29 is 8.91 Å². The Bertz CT molecular complexity index is 530. The predicted molar refractivity (Wildman–Crippen MR) is 66.9 cm³/mol. The molecule has 0 aliphatic heterocycles. The second kappa shape index (κ2) is 5.93. The van der Waals surface area contributed by atoms with Crippen LogP contribution in [0.3, 0.4) is 0 Å². The summed E-state index contributed by atoms with van der Waals surface area (Å²) in [6.07, 6.45) is 1.63. The molecule has 0 fully saturated rings. The third-order valence-electron chi connectivity index (χ3n) is 2.46. The Morgan fingerprint density at radius 1 is 1.44 bits per heavy atom. The van der Waals surface area contributed by atoms with Crippen molar-refractivity contribution in [1.29, 1.82) is 0 Å². The highest BCUT2D eigenvalue weighted by molar-refractivity contribution is 6.31. The van der Waals surface area contributed by atoms with Crippen molar-refractivity contribution in [3.05, 3.63) is 34.9 Å². The summed E-state index contributed by atoms with van der Waals surface area (Å²) in [4.78, 5) is 4.24. The second-order valence-electron chi connectivity index (χ2n) is 3.85. The van der Waals surface area contributed by atoms with Crippen LogP contribution in [0, 0.1) is 5.82 Å². The van der Waals surface area contributed by atoms with Gasteiger partial charge in [-0.2, -0.15) is 4.98 Å². The fourth-order valence-electron chi connectivity index (χ4n) is 1.53. The maximum absolute atomic E-state index is 13.0. The summed E-state index contributed by atoms with van der Waals surface area (Å²) >= 11 is 5.70. The summed E-state index contributed by atoms with van der Waals surface area (Å²) < 4.78 is 18.1. The molecule has 2 rings (SSSR count). The molecule has 0 aliphatic rings. The zero-order valence-electron chi connectivity index (χ0n) is 9.91. The Hall–Kier alpha value is -1.46. The van der Waals surface area contributed by atoms with Crippen molar-refractivity contribution in [2.45, 2.75) is 12.8 Å². The van der Waals surface area contributed by atoms with Gasteiger partial charge in [-0.15, -0.1) is 0 Å². The minimum Gasteiger partial charge on any atom is -0.339 e. The van der Waals surface area contributed by atoms with E-state index in [9.17, 15) is 4.39 Å². The number of rotatable bonds is 5. The van der Waals surface area contributed by atoms with E-state index in [1.165, 1.54) is 12.1 Å². The molecule has 1 aromatic heterocycles. The van der Waals surface area contributed by atoms with Gasteiger partial charge in [0.2, 0.25) is 11.7 Å². The Kier molecular flexibility index (Phi) is 4.28. The van der Waals surface area contributed by atoms with Crippen molar-refractivity contribution in [2.75, 3.05) is 13.6 Å². The Morgan fingerprint density at radius 3 is 3.00 bits per heavy atom. The molecule has 1 heterocycles. The molecule has 1 aromatic carbocycles. The molecule has 6 heteroatoms. The van der Waals surface area contributed by atoms with Gasteiger partial charge in [0.15, 0.2) is 0 Å². The van der Waals surface area contributed by atoms with E-state index < -0.39 is 5.82 Å². The van der Waals surface area contributed by atoms with E-state index in [0.717, 1.165) is 13.0 Å². The predicted octanol–water partition coefficient (Wildman–Crippen LogP) is 2.68. The molecule has 0 radical (unpaired) electrons. The van der Waals surface area contributed by atoms with Gasteiger partial charge in [-0.25, -0.2) is 4.39 Å². The molecule has 0 bridgehead atoms. The maximum Gasteiger partial charge on any atom is 0.227 e. The van der Waals surface area contributed by atoms with Gasteiger partial charge in [0.1, 0.15) is 5.82 Å². The minimum atomic E-state index is -0.460. The standard InChI is InChI=1S/C12H13ClFN3O/c1-15-6-2-3-11-16-12(17-18-11)8-4-5-10(14)9(13)7-8/h4-5,7,15H,2-3,6H2,1H3. The lowest BCUT2D eigenvalue weighted by molar-refractivity contribution is 0.375. The SMILES string of the molecule is CNCCCc1nc(-c2ccc(F)c(Cl)c2)no1. The molecule has 2 aromatic rings. The highest BCUT2D eigenvalue weighted by Crippen LogP contribution is 2.22. The molecule has 0 unspecified atom stereocenters. The van der Waals surface area contributed by atoms with Gasteiger partial charge in [-0.3, -0.25) is 0 Å².